The summed E-state index contributed by atoms with van der Waals surface area (Å²) in [5.41, 5.74) is 0. The van der Waals surface area contributed by atoms with Crippen LogP contribution in [0.2, 0.25) is 0 Å². The molecule has 1 atom stereocenters. The Morgan fingerprint density at radius 1 is 1.27 bits per heavy atom. The lowest BCUT2D eigenvalue weighted by atomic mass is 10.1. The Morgan fingerprint density at radius 2 is 2.07 bits per heavy atom. The minimum Gasteiger partial charge on any atom is -0.508 e. The number of epoxide rings is 1. The molecule has 6 nitrogen and oxygen atoms in total. The van der Waals surface area contributed by atoms with Crippen molar-refractivity contribution in [3.63, 3.8) is 0 Å². The molecule has 4 fully saturated rings. The fourth-order valence-electron chi connectivity index (χ4n) is 1.81. The van der Waals surface area contributed by atoms with E-state index in [2.05, 4.69) is 0 Å². The Labute approximate surface area is 83.6 Å². The Hall–Kier alpha value is -1.50. The highest BCUT2D eigenvalue weighted by Crippen LogP contribution is 2.72. The summed E-state index contributed by atoms with van der Waals surface area (Å²) in [4.78, 5) is 0. The van der Waals surface area contributed by atoms with E-state index in [1.54, 1.807) is 0 Å². The number of phenols is 2. The van der Waals surface area contributed by atoms with Crippen molar-refractivity contribution in [2.75, 3.05) is 0 Å². The second kappa shape index (κ2) is 1.90. The van der Waals surface area contributed by atoms with Crippen molar-refractivity contribution in [3.8, 4) is 17.2 Å². The number of aromatic hydroxyl groups is 2. The fourth-order valence-corrected chi connectivity index (χ4v) is 1.81. The van der Waals surface area contributed by atoms with Crippen molar-refractivity contribution in [2.24, 2.45) is 0 Å². The van der Waals surface area contributed by atoms with Crippen molar-refractivity contribution in [2.45, 2.75) is 18.1 Å². The molecule has 4 saturated heterocycles. The van der Waals surface area contributed by atoms with Gasteiger partial charge in [0, 0.05) is 6.07 Å². The first-order valence-electron chi connectivity index (χ1n) is 4.43. The summed E-state index contributed by atoms with van der Waals surface area (Å²) in [7, 11) is 0. The highest BCUT2D eigenvalue weighted by molar-refractivity contribution is 5.44. The summed E-state index contributed by atoms with van der Waals surface area (Å²) < 4.78 is 20.6. The summed E-state index contributed by atoms with van der Waals surface area (Å²) in [5, 5.41) is 18.5. The number of phenolic OH excluding ortho intramolecular Hbond substituents is 2. The number of hydrogen-bond donors (Lipinski definition) is 2. The molecular weight excluding hydrogens is 204 g/mol. The van der Waals surface area contributed by atoms with Gasteiger partial charge in [-0.25, -0.2) is 0 Å². The molecular formula is C9H6O6. The Kier molecular flexibility index (Phi) is 0.981. The minimum absolute atomic E-state index is 0.0431. The standard InChI is InChI=1S/C9H6O6/c10-4-1-2-6(5(11)3-4)12-8-7-9(13-7,14-8)15-8/h1-3,7,10-11H. The summed E-state index contributed by atoms with van der Waals surface area (Å²) >= 11 is 0. The van der Waals surface area contributed by atoms with Gasteiger partial charge in [-0.15, -0.1) is 0 Å². The molecule has 15 heavy (non-hydrogen) atoms. The van der Waals surface area contributed by atoms with Crippen LogP contribution >= 0.6 is 0 Å². The van der Waals surface area contributed by atoms with Gasteiger partial charge < -0.3 is 19.7 Å². The smallest absolute Gasteiger partial charge is 0.372 e. The first-order valence-corrected chi connectivity index (χ1v) is 4.43. The van der Waals surface area contributed by atoms with E-state index in [-0.39, 0.29) is 23.4 Å². The molecule has 1 unspecified atom stereocenters. The monoisotopic (exact) mass is 210 g/mol. The Bertz CT molecular complexity index is 464. The van der Waals surface area contributed by atoms with Gasteiger partial charge in [0.05, 0.1) is 0 Å². The van der Waals surface area contributed by atoms with Crippen LogP contribution in [0.1, 0.15) is 0 Å². The molecule has 4 aliphatic rings. The molecule has 5 rings (SSSR count). The molecule has 1 spiro atoms. The van der Waals surface area contributed by atoms with Crippen LogP contribution in [-0.4, -0.2) is 28.3 Å². The van der Waals surface area contributed by atoms with E-state index in [4.69, 9.17) is 24.1 Å². The van der Waals surface area contributed by atoms with Crippen LogP contribution < -0.4 is 4.74 Å². The Morgan fingerprint density at radius 3 is 2.60 bits per heavy atom. The SMILES string of the molecule is Oc1ccc(OC23OC4(OC24)O3)c(O)c1. The molecule has 0 saturated carbocycles. The molecule has 0 aliphatic carbocycles. The number of rotatable bonds is 2. The van der Waals surface area contributed by atoms with Gasteiger partial charge in [-0.1, -0.05) is 0 Å². The van der Waals surface area contributed by atoms with Gasteiger partial charge in [-0.05, 0) is 12.1 Å². The molecule has 2 bridgehead atoms. The van der Waals surface area contributed by atoms with Crippen molar-refractivity contribution < 1.29 is 29.2 Å². The second-order valence-electron chi connectivity index (χ2n) is 3.66. The molecule has 0 aromatic heterocycles. The van der Waals surface area contributed by atoms with Gasteiger partial charge >= 0.3 is 11.9 Å². The van der Waals surface area contributed by atoms with Gasteiger partial charge in [0.25, 0.3) is 0 Å². The van der Waals surface area contributed by atoms with E-state index in [0.717, 1.165) is 0 Å². The van der Waals surface area contributed by atoms with E-state index in [0.29, 0.717) is 0 Å². The zero-order valence-electron chi connectivity index (χ0n) is 7.34. The van der Waals surface area contributed by atoms with E-state index in [1.807, 2.05) is 0 Å². The minimum atomic E-state index is -1.19. The predicted molar refractivity (Wildman–Crippen MR) is 42.9 cm³/mol. The normalized spacial score (nSPS) is 43.6. The molecule has 1 aromatic carbocycles. The third-order valence-corrected chi connectivity index (χ3v) is 2.63. The van der Waals surface area contributed by atoms with Crippen LogP contribution in [0.5, 0.6) is 17.2 Å². The fraction of sp³-hybridized carbons (Fsp3) is 0.333. The van der Waals surface area contributed by atoms with Crippen molar-refractivity contribution in [1.82, 2.24) is 0 Å². The molecule has 1 aromatic rings. The lowest BCUT2D eigenvalue weighted by molar-refractivity contribution is -0.612. The van der Waals surface area contributed by atoms with Crippen LogP contribution in [0, 0.1) is 0 Å². The zero-order chi connectivity index (χ0) is 10.3. The van der Waals surface area contributed by atoms with Crippen molar-refractivity contribution >= 4 is 0 Å². The average Bonchev–Trinajstić information content (AvgIpc) is 2.65. The van der Waals surface area contributed by atoms with Gasteiger partial charge in [-0.3, -0.25) is 9.47 Å². The topological polar surface area (TPSA) is 80.7 Å². The number of hydrogen-bond acceptors (Lipinski definition) is 6. The molecule has 2 N–H and O–H groups in total. The van der Waals surface area contributed by atoms with Crippen LogP contribution in [-0.2, 0) is 14.2 Å². The van der Waals surface area contributed by atoms with Gasteiger partial charge in [0.1, 0.15) is 5.75 Å². The van der Waals surface area contributed by atoms with Crippen LogP contribution in [0.4, 0.5) is 0 Å². The van der Waals surface area contributed by atoms with Crippen molar-refractivity contribution in [1.29, 1.82) is 0 Å². The third kappa shape index (κ3) is 0.728. The summed E-state index contributed by atoms with van der Waals surface area (Å²) in [6.07, 6.45) is -0.196. The lowest BCUT2D eigenvalue weighted by Gasteiger charge is -2.51. The zero-order valence-corrected chi connectivity index (χ0v) is 7.34. The van der Waals surface area contributed by atoms with E-state index in [9.17, 15) is 5.11 Å². The molecule has 78 valence electrons. The maximum Gasteiger partial charge on any atom is 0.372 e. The number of benzene rings is 1. The van der Waals surface area contributed by atoms with Gasteiger partial charge in [0.15, 0.2) is 11.5 Å². The first kappa shape index (κ1) is 7.75. The van der Waals surface area contributed by atoms with E-state index < -0.39 is 11.9 Å². The van der Waals surface area contributed by atoms with E-state index in [1.165, 1.54) is 18.2 Å². The lowest BCUT2D eigenvalue weighted by Crippen LogP contribution is -2.76. The molecule has 4 heterocycles. The average molecular weight is 210 g/mol. The quantitative estimate of drug-likeness (QED) is 0.680. The second-order valence-corrected chi connectivity index (χ2v) is 3.66. The number of ether oxygens (including phenoxy) is 4. The largest absolute Gasteiger partial charge is 0.508 e. The molecule has 4 aliphatic heterocycles. The third-order valence-electron chi connectivity index (χ3n) is 2.63. The van der Waals surface area contributed by atoms with Gasteiger partial charge in [0.2, 0.25) is 6.10 Å². The molecule has 6 heteroatoms. The van der Waals surface area contributed by atoms with Gasteiger partial charge in [-0.2, -0.15) is 0 Å². The highest BCUT2D eigenvalue weighted by Gasteiger charge is 2.99. The van der Waals surface area contributed by atoms with E-state index >= 15 is 0 Å². The maximum absolute atomic E-state index is 9.45. The maximum atomic E-state index is 9.45. The van der Waals surface area contributed by atoms with Crippen LogP contribution in [0.3, 0.4) is 0 Å². The molecule has 0 amide bonds. The van der Waals surface area contributed by atoms with Crippen molar-refractivity contribution in [3.05, 3.63) is 18.2 Å². The van der Waals surface area contributed by atoms with Crippen LogP contribution in [0.25, 0.3) is 0 Å². The highest BCUT2D eigenvalue weighted by atomic mass is 17.2. The Balaban J connectivity index is 1.62. The summed E-state index contributed by atoms with van der Waals surface area (Å²) in [5.74, 6) is -2.07. The summed E-state index contributed by atoms with van der Waals surface area (Å²) in [6, 6.07) is 3.99. The summed E-state index contributed by atoms with van der Waals surface area (Å²) in [6.45, 7) is 0. The predicted octanol–water partition coefficient (Wildman–Crippen LogP) is 0.243. The molecule has 0 radical (unpaired) electrons. The first-order chi connectivity index (χ1) is 7.14. The van der Waals surface area contributed by atoms with Crippen LogP contribution in [0.15, 0.2) is 18.2 Å².